The summed E-state index contributed by atoms with van der Waals surface area (Å²) in [6, 6.07) is 9.86. The van der Waals surface area contributed by atoms with Crippen LogP contribution in [0.3, 0.4) is 0 Å². The first-order chi connectivity index (χ1) is 17.1. The monoisotopic (exact) mass is 469 g/mol. The topological polar surface area (TPSA) is 96.9 Å². The quantitative estimate of drug-likeness (QED) is 0.623. The second kappa shape index (κ2) is 7.69. The van der Waals surface area contributed by atoms with Crippen LogP contribution in [0, 0.1) is 0 Å². The van der Waals surface area contributed by atoms with E-state index in [2.05, 4.69) is 15.3 Å². The van der Waals surface area contributed by atoms with Gasteiger partial charge < -0.3 is 24.6 Å². The first kappa shape index (κ1) is 20.3. The molecular formula is C26H23N5O4. The summed E-state index contributed by atoms with van der Waals surface area (Å²) in [5, 5.41) is 3.31. The summed E-state index contributed by atoms with van der Waals surface area (Å²) >= 11 is 0. The Labute approximate surface area is 201 Å². The van der Waals surface area contributed by atoms with Crippen LogP contribution in [0.1, 0.15) is 31.2 Å². The average molecular weight is 470 g/mol. The fourth-order valence-electron chi connectivity index (χ4n) is 5.37. The number of benzene rings is 1. The minimum atomic E-state index is 0.0789. The largest absolute Gasteiger partial charge is 0.488 e. The number of anilines is 4. The Bertz CT molecular complexity index is 1390. The lowest BCUT2D eigenvalue weighted by Gasteiger charge is -2.31. The molecule has 9 heteroatoms. The number of nitrogens with zero attached hydrogens (tertiary/aromatic N) is 4. The van der Waals surface area contributed by atoms with Gasteiger partial charge in [-0.25, -0.2) is 9.97 Å². The van der Waals surface area contributed by atoms with Gasteiger partial charge in [0.25, 0.3) is 0 Å². The number of nitrogens with one attached hydrogen (secondary N) is 1. The van der Waals surface area contributed by atoms with Crippen molar-refractivity contribution in [1.29, 1.82) is 0 Å². The summed E-state index contributed by atoms with van der Waals surface area (Å²) in [5.74, 6) is 2.18. The van der Waals surface area contributed by atoms with E-state index in [1.54, 1.807) is 6.20 Å². The normalized spacial score (nSPS) is 19.9. The number of hydrogen-bond donors (Lipinski definition) is 1. The molecule has 35 heavy (non-hydrogen) atoms. The molecule has 4 aliphatic rings. The molecule has 7 rings (SSSR count). The van der Waals surface area contributed by atoms with Gasteiger partial charge in [0.1, 0.15) is 30.5 Å². The van der Waals surface area contributed by atoms with Gasteiger partial charge in [-0.2, -0.15) is 0 Å². The number of fused-ring (bicyclic) bond motifs is 6. The van der Waals surface area contributed by atoms with Crippen LogP contribution in [0.25, 0.3) is 11.1 Å². The number of carbonyl (C=O) groups excluding carboxylic acids is 2. The van der Waals surface area contributed by atoms with Crippen LogP contribution in [0.4, 0.5) is 22.9 Å². The molecule has 0 radical (unpaired) electrons. The molecule has 2 fully saturated rings. The van der Waals surface area contributed by atoms with E-state index in [-0.39, 0.29) is 17.9 Å². The molecule has 176 valence electrons. The van der Waals surface area contributed by atoms with E-state index in [9.17, 15) is 9.59 Å². The highest BCUT2D eigenvalue weighted by atomic mass is 16.5. The van der Waals surface area contributed by atoms with Crippen molar-refractivity contribution in [1.82, 2.24) is 9.97 Å². The smallest absolute Gasteiger partial charge is 0.238 e. The summed E-state index contributed by atoms with van der Waals surface area (Å²) in [7, 11) is 0. The maximum absolute atomic E-state index is 12.4. The number of carbonyl (C=O) groups is 2. The Morgan fingerprint density at radius 2 is 1.91 bits per heavy atom. The van der Waals surface area contributed by atoms with Crippen LogP contribution >= 0.6 is 0 Å². The van der Waals surface area contributed by atoms with E-state index in [1.807, 2.05) is 46.3 Å². The molecule has 0 bridgehead atoms. The average Bonchev–Trinajstić information content (AvgIpc) is 3.49. The summed E-state index contributed by atoms with van der Waals surface area (Å²) in [5.41, 5.74) is 5.31. The Balaban J connectivity index is 1.16. The molecule has 0 spiro atoms. The number of ether oxygens (including phenoxy) is 2. The summed E-state index contributed by atoms with van der Waals surface area (Å²) < 4.78 is 11.8. The lowest BCUT2D eigenvalue weighted by atomic mass is 9.98. The van der Waals surface area contributed by atoms with Crippen molar-refractivity contribution < 1.29 is 19.1 Å². The lowest BCUT2D eigenvalue weighted by Crippen LogP contribution is -2.40. The Kier molecular flexibility index (Phi) is 4.45. The number of pyridine rings is 2. The van der Waals surface area contributed by atoms with E-state index in [4.69, 9.17) is 9.47 Å². The summed E-state index contributed by atoms with van der Waals surface area (Å²) in [6.45, 7) is 1.65. The molecule has 4 aliphatic heterocycles. The number of amides is 2. The van der Waals surface area contributed by atoms with E-state index < -0.39 is 0 Å². The third-order valence-electron chi connectivity index (χ3n) is 7.12. The van der Waals surface area contributed by atoms with Crippen molar-refractivity contribution >= 4 is 34.7 Å². The summed E-state index contributed by atoms with van der Waals surface area (Å²) in [6.07, 6.45) is 6.36. The van der Waals surface area contributed by atoms with E-state index >= 15 is 0 Å². The van der Waals surface area contributed by atoms with Gasteiger partial charge in [-0.15, -0.1) is 0 Å². The Morgan fingerprint density at radius 1 is 0.971 bits per heavy atom. The van der Waals surface area contributed by atoms with Gasteiger partial charge in [-0.1, -0.05) is 0 Å². The van der Waals surface area contributed by atoms with Crippen LogP contribution < -0.4 is 24.6 Å². The highest BCUT2D eigenvalue weighted by Gasteiger charge is 2.38. The predicted octanol–water partition coefficient (Wildman–Crippen LogP) is 3.79. The Morgan fingerprint density at radius 3 is 2.80 bits per heavy atom. The first-order valence-corrected chi connectivity index (χ1v) is 11.9. The van der Waals surface area contributed by atoms with Crippen LogP contribution in [-0.2, 0) is 16.2 Å². The van der Waals surface area contributed by atoms with E-state index in [1.165, 1.54) is 0 Å². The van der Waals surface area contributed by atoms with Crippen LogP contribution in [0.5, 0.6) is 11.6 Å². The lowest BCUT2D eigenvalue weighted by molar-refractivity contribution is -0.118. The maximum Gasteiger partial charge on any atom is 0.238 e. The second-order valence-electron chi connectivity index (χ2n) is 9.29. The van der Waals surface area contributed by atoms with Crippen LogP contribution in [0.2, 0.25) is 0 Å². The minimum Gasteiger partial charge on any atom is -0.488 e. The zero-order chi connectivity index (χ0) is 23.5. The highest BCUT2D eigenvalue weighted by Crippen LogP contribution is 2.42. The molecule has 1 N–H and O–H groups in total. The predicted molar refractivity (Wildman–Crippen MR) is 129 cm³/mol. The van der Waals surface area contributed by atoms with Crippen molar-refractivity contribution in [3.63, 3.8) is 0 Å². The fraction of sp³-hybridized carbons (Fsp3) is 0.308. The van der Waals surface area contributed by atoms with Gasteiger partial charge in [0, 0.05) is 54.0 Å². The number of hydrogen-bond acceptors (Lipinski definition) is 7. The molecule has 0 aliphatic carbocycles. The van der Waals surface area contributed by atoms with Crippen molar-refractivity contribution in [3.05, 3.63) is 48.3 Å². The third-order valence-corrected chi connectivity index (χ3v) is 7.12. The van der Waals surface area contributed by atoms with Gasteiger partial charge in [-0.3, -0.25) is 9.59 Å². The number of rotatable bonds is 3. The Hall–Kier alpha value is -4.14. The molecule has 2 amide bonds. The van der Waals surface area contributed by atoms with Gasteiger partial charge >= 0.3 is 0 Å². The molecular weight excluding hydrogens is 446 g/mol. The number of aromatic nitrogens is 2. The highest BCUT2D eigenvalue weighted by molar-refractivity contribution is 5.98. The molecule has 1 atom stereocenters. The molecule has 0 unspecified atom stereocenters. The maximum atomic E-state index is 12.4. The zero-order valence-corrected chi connectivity index (χ0v) is 19.0. The molecule has 3 aromatic rings. The second-order valence-corrected chi connectivity index (χ2v) is 9.29. The fourth-order valence-corrected chi connectivity index (χ4v) is 5.37. The molecule has 2 saturated heterocycles. The van der Waals surface area contributed by atoms with Crippen molar-refractivity contribution in [2.24, 2.45) is 0 Å². The van der Waals surface area contributed by atoms with E-state index in [0.29, 0.717) is 43.4 Å². The zero-order valence-electron chi connectivity index (χ0n) is 19.0. The van der Waals surface area contributed by atoms with Crippen LogP contribution in [0.15, 0.2) is 42.7 Å². The molecule has 6 heterocycles. The minimum absolute atomic E-state index is 0.0789. The molecule has 9 nitrogen and oxygen atoms in total. The summed E-state index contributed by atoms with van der Waals surface area (Å²) in [4.78, 5) is 37.2. The first-order valence-electron chi connectivity index (χ1n) is 11.9. The van der Waals surface area contributed by atoms with Gasteiger partial charge in [0.2, 0.25) is 17.7 Å². The standard InChI is InChI=1S/C26H23N5O4/c32-24-2-1-7-30(24)17-3-5-19-20-12-27-23(8-15(20)13-34-22(19)10-17)29-16-9-21-26(28-11-16)35-14-18-4-6-25(33)31(18)21/h3,5,8-12,18H,1-2,4,6-7,13-14H2,(H,27,29)/t18-/m0/s1. The van der Waals surface area contributed by atoms with Gasteiger partial charge in [0.05, 0.1) is 17.9 Å². The van der Waals surface area contributed by atoms with Crippen molar-refractivity contribution in [2.75, 3.05) is 28.3 Å². The van der Waals surface area contributed by atoms with Crippen molar-refractivity contribution in [2.45, 2.75) is 38.3 Å². The van der Waals surface area contributed by atoms with Gasteiger partial charge in [0.15, 0.2) is 0 Å². The van der Waals surface area contributed by atoms with Gasteiger partial charge in [-0.05, 0) is 37.1 Å². The van der Waals surface area contributed by atoms with Crippen molar-refractivity contribution in [3.8, 4) is 22.8 Å². The van der Waals surface area contributed by atoms with Crippen LogP contribution in [-0.4, -0.2) is 41.0 Å². The molecule has 1 aromatic carbocycles. The SMILES string of the molecule is O=C1CCCN1c1ccc2c(c1)OCc1cc(Nc3cnc4c(c3)N3C(=O)CC[C@H]3CO4)ncc1-2. The van der Waals surface area contributed by atoms with E-state index in [0.717, 1.165) is 53.2 Å². The molecule has 2 aromatic heterocycles. The third kappa shape index (κ3) is 3.30. The molecule has 0 saturated carbocycles.